The molecule has 0 aliphatic carbocycles. The van der Waals surface area contributed by atoms with Crippen molar-refractivity contribution < 1.29 is 19.3 Å². The molecule has 3 N–H and O–H groups in total. The van der Waals surface area contributed by atoms with Gasteiger partial charge in [0.25, 0.3) is 0 Å². The molecule has 0 saturated carbocycles. The minimum absolute atomic E-state index is 0.243. The van der Waals surface area contributed by atoms with Crippen LogP contribution in [0.25, 0.3) is 0 Å². The Balaban J connectivity index is 1.82. The van der Waals surface area contributed by atoms with E-state index in [1.807, 2.05) is 0 Å². The molecule has 19 heavy (non-hydrogen) atoms. The third kappa shape index (κ3) is 2.11. The van der Waals surface area contributed by atoms with Gasteiger partial charge in [0, 0.05) is 6.42 Å². The largest absolute Gasteiger partial charge is 0.394 e. The zero-order valence-electron chi connectivity index (χ0n) is 10.2. The summed E-state index contributed by atoms with van der Waals surface area (Å²) >= 11 is 0. The first-order valence-electron chi connectivity index (χ1n) is 6.09. The molecular formula is C11H15FN4O3. The maximum absolute atomic E-state index is 13.1. The fraction of sp³-hybridized carbons (Fsp3) is 0.636. The number of aromatic nitrogens is 2. The number of H-pyrrole nitrogens is 1. The lowest BCUT2D eigenvalue weighted by atomic mass is 10.1. The van der Waals surface area contributed by atoms with Gasteiger partial charge in [-0.05, 0) is 0 Å². The van der Waals surface area contributed by atoms with E-state index in [0.29, 0.717) is 24.5 Å². The molecule has 0 amide bonds. The molecule has 0 radical (unpaired) electrons. The quantitative estimate of drug-likeness (QED) is 0.700. The summed E-state index contributed by atoms with van der Waals surface area (Å²) in [6, 6.07) is 0. The van der Waals surface area contributed by atoms with Crippen LogP contribution in [0, 0.1) is 0 Å². The number of ether oxygens (including phenoxy) is 1. The Morgan fingerprint density at radius 3 is 3.11 bits per heavy atom. The third-order valence-corrected chi connectivity index (χ3v) is 3.44. The zero-order valence-corrected chi connectivity index (χ0v) is 10.2. The number of imidazole rings is 1. The number of rotatable bonds is 3. The summed E-state index contributed by atoms with van der Waals surface area (Å²) in [5, 5.41) is 18.8. The van der Waals surface area contributed by atoms with Crippen molar-refractivity contribution >= 4 is 11.7 Å². The van der Waals surface area contributed by atoms with Gasteiger partial charge in [0.1, 0.15) is 30.5 Å². The maximum Gasteiger partial charge on any atom is 0.156 e. The van der Waals surface area contributed by atoms with Crippen molar-refractivity contribution in [1.29, 1.82) is 0 Å². The Morgan fingerprint density at radius 2 is 2.42 bits per heavy atom. The van der Waals surface area contributed by atoms with E-state index in [9.17, 15) is 9.50 Å². The van der Waals surface area contributed by atoms with Crippen molar-refractivity contribution in [3.8, 4) is 0 Å². The van der Waals surface area contributed by atoms with Gasteiger partial charge in [0.05, 0.1) is 25.6 Å². The first-order valence-corrected chi connectivity index (χ1v) is 6.09. The molecule has 2 aliphatic rings. The number of amidine groups is 1. The molecule has 0 aromatic carbocycles. The van der Waals surface area contributed by atoms with Crippen molar-refractivity contribution in [3.63, 3.8) is 0 Å². The fourth-order valence-corrected chi connectivity index (χ4v) is 2.42. The third-order valence-electron chi connectivity index (χ3n) is 3.44. The topological polar surface area (TPSA) is 94.0 Å². The van der Waals surface area contributed by atoms with E-state index >= 15 is 0 Å². The molecule has 7 nitrogen and oxygen atoms in total. The highest BCUT2D eigenvalue weighted by Gasteiger charge is 2.39. The van der Waals surface area contributed by atoms with Gasteiger partial charge in [0.15, 0.2) is 5.82 Å². The minimum Gasteiger partial charge on any atom is -0.394 e. The molecule has 1 aromatic rings. The van der Waals surface area contributed by atoms with Gasteiger partial charge in [0.2, 0.25) is 0 Å². The summed E-state index contributed by atoms with van der Waals surface area (Å²) in [5.41, 5.74) is 0.711. The highest BCUT2D eigenvalue weighted by atomic mass is 19.1. The molecule has 1 saturated heterocycles. The van der Waals surface area contributed by atoms with Gasteiger partial charge in [-0.15, -0.1) is 0 Å². The number of aliphatic hydroxyl groups is 2. The van der Waals surface area contributed by atoms with Crippen LogP contribution in [0.4, 0.5) is 10.2 Å². The predicted octanol–water partition coefficient (Wildman–Crippen LogP) is -0.307. The van der Waals surface area contributed by atoms with Crippen LogP contribution in [-0.4, -0.2) is 62.6 Å². The van der Waals surface area contributed by atoms with Gasteiger partial charge in [-0.1, -0.05) is 0 Å². The number of alkyl halides is 1. The molecular weight excluding hydrogens is 255 g/mol. The molecule has 3 atom stereocenters. The molecule has 8 heteroatoms. The Bertz CT molecular complexity index is 492. The summed E-state index contributed by atoms with van der Waals surface area (Å²) in [7, 11) is 0. The van der Waals surface area contributed by atoms with E-state index in [-0.39, 0.29) is 12.4 Å². The lowest BCUT2D eigenvalue weighted by Gasteiger charge is -2.32. The van der Waals surface area contributed by atoms with Gasteiger partial charge >= 0.3 is 0 Å². The van der Waals surface area contributed by atoms with Crippen molar-refractivity contribution in [1.82, 2.24) is 14.9 Å². The molecule has 0 spiro atoms. The average Bonchev–Trinajstić information content (AvgIpc) is 3.02. The number of nitrogens with zero attached hydrogens (tertiary/aromatic N) is 3. The van der Waals surface area contributed by atoms with Gasteiger partial charge in [-0.25, -0.2) is 14.4 Å². The van der Waals surface area contributed by atoms with E-state index in [4.69, 9.17) is 9.84 Å². The number of aliphatic imine (C=N–C) groups is 1. The van der Waals surface area contributed by atoms with Gasteiger partial charge in [-0.2, -0.15) is 0 Å². The van der Waals surface area contributed by atoms with Crippen LogP contribution < -0.4 is 0 Å². The molecule has 3 rings (SSSR count). The van der Waals surface area contributed by atoms with Crippen molar-refractivity contribution in [2.45, 2.75) is 31.4 Å². The Hall–Kier alpha value is -1.51. The molecule has 3 heterocycles. The lowest BCUT2D eigenvalue weighted by Crippen LogP contribution is -2.42. The molecule has 0 bridgehead atoms. The highest BCUT2D eigenvalue weighted by molar-refractivity contribution is 5.87. The summed E-state index contributed by atoms with van der Waals surface area (Å²) in [4.78, 5) is 12.7. The molecule has 3 unspecified atom stereocenters. The van der Waals surface area contributed by atoms with Crippen LogP contribution in [0.3, 0.4) is 0 Å². The van der Waals surface area contributed by atoms with E-state index in [1.54, 1.807) is 4.90 Å². The van der Waals surface area contributed by atoms with E-state index in [0.717, 1.165) is 0 Å². The fourth-order valence-electron chi connectivity index (χ4n) is 2.42. The number of hydrogen-bond acceptors (Lipinski definition) is 6. The van der Waals surface area contributed by atoms with Crippen LogP contribution in [0.2, 0.25) is 0 Å². The van der Waals surface area contributed by atoms with Crippen molar-refractivity contribution in [3.05, 3.63) is 12.0 Å². The monoisotopic (exact) mass is 270 g/mol. The van der Waals surface area contributed by atoms with Crippen LogP contribution in [-0.2, 0) is 11.3 Å². The van der Waals surface area contributed by atoms with Crippen LogP contribution >= 0.6 is 0 Å². The predicted molar refractivity (Wildman–Crippen MR) is 63.6 cm³/mol. The molecule has 104 valence electrons. The highest BCUT2D eigenvalue weighted by Crippen LogP contribution is 2.29. The van der Waals surface area contributed by atoms with Crippen molar-refractivity contribution in [2.24, 2.45) is 4.99 Å². The Kier molecular flexibility index (Phi) is 3.21. The van der Waals surface area contributed by atoms with E-state index in [1.165, 1.54) is 6.33 Å². The zero-order chi connectivity index (χ0) is 13.4. The van der Waals surface area contributed by atoms with Gasteiger partial charge < -0.3 is 24.8 Å². The second kappa shape index (κ2) is 4.87. The number of aromatic amines is 1. The number of nitrogens with one attached hydrogen (secondary N) is 1. The van der Waals surface area contributed by atoms with Crippen LogP contribution in [0.15, 0.2) is 11.3 Å². The normalized spacial score (nSPS) is 30.4. The molecule has 2 aliphatic heterocycles. The maximum atomic E-state index is 13.1. The van der Waals surface area contributed by atoms with E-state index in [2.05, 4.69) is 15.0 Å². The summed E-state index contributed by atoms with van der Waals surface area (Å²) in [5.74, 6) is 0.800. The smallest absolute Gasteiger partial charge is 0.156 e. The Labute approximate surface area is 108 Å². The standard InChI is InChI=1S/C11H15FN4O3/c12-2-9-15-11-6(13-5-14-11)3-16(9)10-1-7(18)8(4-17)19-10/h5,7-8,10,17-18H,1-4H2,(H,13,14). The second-order valence-electron chi connectivity index (χ2n) is 4.60. The van der Waals surface area contributed by atoms with Crippen LogP contribution in [0.1, 0.15) is 12.1 Å². The second-order valence-corrected chi connectivity index (χ2v) is 4.60. The van der Waals surface area contributed by atoms with Gasteiger partial charge in [-0.3, -0.25) is 0 Å². The minimum atomic E-state index is -0.753. The summed E-state index contributed by atoms with van der Waals surface area (Å²) < 4.78 is 18.6. The number of hydrogen-bond donors (Lipinski definition) is 3. The molecule has 1 fully saturated rings. The SMILES string of the molecule is OCC1OC(N2Cc3nc[nH]c3N=C2CF)CC1O. The van der Waals surface area contributed by atoms with E-state index < -0.39 is 25.1 Å². The van der Waals surface area contributed by atoms with Crippen LogP contribution in [0.5, 0.6) is 0 Å². The first kappa shape index (κ1) is 12.5. The number of halogens is 1. The summed E-state index contributed by atoms with van der Waals surface area (Å²) in [6.45, 7) is -0.614. The number of aliphatic hydroxyl groups excluding tert-OH is 2. The first-order chi connectivity index (χ1) is 9.22. The lowest BCUT2D eigenvalue weighted by molar-refractivity contribution is -0.0611. The molecule has 1 aromatic heterocycles. The number of fused-ring (bicyclic) bond motifs is 1. The Morgan fingerprint density at radius 1 is 1.58 bits per heavy atom. The summed E-state index contributed by atoms with van der Waals surface area (Å²) in [6.07, 6.45) is -0.0623. The average molecular weight is 270 g/mol. The van der Waals surface area contributed by atoms with Crippen molar-refractivity contribution in [2.75, 3.05) is 13.3 Å².